The molecule has 0 aromatic heterocycles. The predicted molar refractivity (Wildman–Crippen MR) is 153 cm³/mol. The number of hydrogen-bond acceptors (Lipinski definition) is 7. The van der Waals surface area contributed by atoms with E-state index in [0.717, 1.165) is 42.5 Å². The molecular weight excluding hydrogens is 518 g/mol. The van der Waals surface area contributed by atoms with E-state index in [1.807, 2.05) is 12.1 Å². The van der Waals surface area contributed by atoms with Crippen LogP contribution in [0.1, 0.15) is 23.1 Å². The molecule has 1 fully saturated rings. The van der Waals surface area contributed by atoms with E-state index in [1.165, 1.54) is 19.8 Å². The minimum Gasteiger partial charge on any atom is -0.497 e. The van der Waals surface area contributed by atoms with Gasteiger partial charge >= 0.3 is 0 Å². The van der Waals surface area contributed by atoms with Crippen LogP contribution in [0, 0.1) is 13.8 Å². The number of nitrogens with zero attached hydrogens (tertiary/aromatic N) is 4. The Morgan fingerprint density at radius 3 is 2.26 bits per heavy atom. The number of hydrogen-bond donors (Lipinski definition) is 1. The molecule has 2 aromatic rings. The molecule has 1 N–H and O–H groups in total. The molecular formula is C28H41N5O5S. The molecule has 1 aliphatic rings. The zero-order chi connectivity index (χ0) is 28.7. The Morgan fingerprint density at radius 2 is 1.64 bits per heavy atom. The van der Waals surface area contributed by atoms with Crippen LogP contribution in [0.5, 0.6) is 5.75 Å². The molecule has 2 amide bonds. The standard InChI is InChI=1S/C28H41N5O5S/c1-21-16-25(38-6)17-22(2)28(21)39(36,37)32(5)20-26(34)29-18-27(35)31(4)19-23-8-10-24(11-9-23)33-13-7-12-30(3)14-15-33/h8-11,16-17H,7,12-15,18-20H2,1-6H3,(H,29,34). The van der Waals surface area contributed by atoms with Crippen LogP contribution in [-0.4, -0.2) is 102 Å². The molecule has 0 radical (unpaired) electrons. The summed E-state index contributed by atoms with van der Waals surface area (Å²) in [4.78, 5) is 31.6. The van der Waals surface area contributed by atoms with Crippen molar-refractivity contribution in [2.75, 3.05) is 72.4 Å². The molecule has 39 heavy (non-hydrogen) atoms. The summed E-state index contributed by atoms with van der Waals surface area (Å²) in [6.45, 7) is 7.31. The minimum atomic E-state index is -3.92. The first-order chi connectivity index (χ1) is 18.4. The number of ether oxygens (including phenoxy) is 1. The van der Waals surface area contributed by atoms with E-state index < -0.39 is 22.5 Å². The number of methoxy groups -OCH3 is 1. The summed E-state index contributed by atoms with van der Waals surface area (Å²) in [7, 11) is 2.77. The van der Waals surface area contributed by atoms with Crippen LogP contribution in [0.2, 0.25) is 0 Å². The molecule has 0 unspecified atom stereocenters. The number of anilines is 1. The van der Waals surface area contributed by atoms with Gasteiger partial charge in [0.15, 0.2) is 0 Å². The van der Waals surface area contributed by atoms with Gasteiger partial charge in [0.1, 0.15) is 5.75 Å². The zero-order valence-electron chi connectivity index (χ0n) is 23.9. The molecule has 0 saturated carbocycles. The summed E-state index contributed by atoms with van der Waals surface area (Å²) in [5.74, 6) is -0.261. The van der Waals surface area contributed by atoms with Crippen LogP contribution in [0.3, 0.4) is 0 Å². The van der Waals surface area contributed by atoms with E-state index in [-0.39, 0.29) is 17.3 Å². The Morgan fingerprint density at radius 1 is 1.00 bits per heavy atom. The van der Waals surface area contributed by atoms with E-state index in [0.29, 0.717) is 23.4 Å². The maximum Gasteiger partial charge on any atom is 0.243 e. The van der Waals surface area contributed by atoms with Crippen LogP contribution < -0.4 is 15.0 Å². The smallest absolute Gasteiger partial charge is 0.243 e. The predicted octanol–water partition coefficient (Wildman–Crippen LogP) is 1.85. The van der Waals surface area contributed by atoms with Crippen molar-refractivity contribution < 1.29 is 22.7 Å². The highest BCUT2D eigenvalue weighted by Gasteiger charge is 2.27. The van der Waals surface area contributed by atoms with Gasteiger partial charge < -0.3 is 24.8 Å². The Hall–Kier alpha value is -3.15. The summed E-state index contributed by atoms with van der Waals surface area (Å²) >= 11 is 0. The first-order valence-corrected chi connectivity index (χ1v) is 14.5. The van der Waals surface area contributed by atoms with Gasteiger partial charge in [0, 0.05) is 46.0 Å². The van der Waals surface area contributed by atoms with E-state index >= 15 is 0 Å². The van der Waals surface area contributed by atoms with Gasteiger partial charge in [-0.05, 0) is 74.8 Å². The lowest BCUT2D eigenvalue weighted by Gasteiger charge is -2.23. The maximum absolute atomic E-state index is 13.1. The van der Waals surface area contributed by atoms with Gasteiger partial charge in [0.05, 0.1) is 25.1 Å². The third-order valence-corrected chi connectivity index (χ3v) is 9.12. The van der Waals surface area contributed by atoms with Crippen molar-refractivity contribution in [3.05, 3.63) is 53.1 Å². The van der Waals surface area contributed by atoms with Crippen molar-refractivity contribution in [1.82, 2.24) is 19.4 Å². The zero-order valence-corrected chi connectivity index (χ0v) is 24.7. The average molecular weight is 560 g/mol. The van der Waals surface area contributed by atoms with Crippen molar-refractivity contribution in [3.63, 3.8) is 0 Å². The fourth-order valence-electron chi connectivity index (χ4n) is 4.72. The monoisotopic (exact) mass is 559 g/mol. The lowest BCUT2D eigenvalue weighted by atomic mass is 10.1. The van der Waals surface area contributed by atoms with Gasteiger partial charge in [0.2, 0.25) is 21.8 Å². The van der Waals surface area contributed by atoms with Gasteiger partial charge in [0.25, 0.3) is 0 Å². The number of benzene rings is 2. The highest BCUT2D eigenvalue weighted by atomic mass is 32.2. The van der Waals surface area contributed by atoms with Crippen molar-refractivity contribution in [1.29, 1.82) is 0 Å². The largest absolute Gasteiger partial charge is 0.497 e. The molecule has 214 valence electrons. The Balaban J connectivity index is 1.50. The molecule has 11 heteroatoms. The third kappa shape index (κ3) is 7.93. The molecule has 0 aliphatic carbocycles. The van der Waals surface area contributed by atoms with Gasteiger partial charge in [-0.25, -0.2) is 8.42 Å². The van der Waals surface area contributed by atoms with Crippen LogP contribution in [0.4, 0.5) is 5.69 Å². The molecule has 0 spiro atoms. The molecule has 0 bridgehead atoms. The summed E-state index contributed by atoms with van der Waals surface area (Å²) in [6.07, 6.45) is 1.13. The highest BCUT2D eigenvalue weighted by Crippen LogP contribution is 2.27. The molecule has 10 nitrogen and oxygen atoms in total. The molecule has 1 aliphatic heterocycles. The Kier molecular flexibility index (Phi) is 10.3. The number of nitrogens with one attached hydrogen (secondary N) is 1. The van der Waals surface area contributed by atoms with Crippen molar-refractivity contribution in [2.45, 2.75) is 31.7 Å². The number of carbonyl (C=O) groups excluding carboxylic acids is 2. The molecule has 0 atom stereocenters. The number of carbonyl (C=O) groups is 2. The first kappa shape index (κ1) is 30.4. The molecule has 1 heterocycles. The second-order valence-corrected chi connectivity index (χ2v) is 12.2. The van der Waals surface area contributed by atoms with Gasteiger partial charge in [-0.15, -0.1) is 0 Å². The molecule has 2 aromatic carbocycles. The summed E-state index contributed by atoms with van der Waals surface area (Å²) in [5, 5.41) is 2.55. The minimum absolute atomic E-state index is 0.142. The van der Waals surface area contributed by atoms with Crippen LogP contribution >= 0.6 is 0 Å². The highest BCUT2D eigenvalue weighted by molar-refractivity contribution is 7.89. The number of likely N-dealkylation sites (N-methyl/N-ethyl adjacent to an activating group) is 3. The number of amides is 2. The number of rotatable bonds is 10. The van der Waals surface area contributed by atoms with E-state index in [2.05, 4.69) is 34.3 Å². The van der Waals surface area contributed by atoms with E-state index in [1.54, 1.807) is 37.9 Å². The second kappa shape index (κ2) is 13.3. The van der Waals surface area contributed by atoms with Gasteiger partial charge in [-0.1, -0.05) is 12.1 Å². The topological polar surface area (TPSA) is 102 Å². The average Bonchev–Trinajstić information content (AvgIpc) is 3.11. The normalized spacial score (nSPS) is 14.7. The van der Waals surface area contributed by atoms with Crippen LogP contribution in [-0.2, 0) is 26.2 Å². The van der Waals surface area contributed by atoms with Crippen molar-refractivity contribution in [3.8, 4) is 5.75 Å². The summed E-state index contributed by atoms with van der Waals surface area (Å²) < 4.78 is 32.5. The van der Waals surface area contributed by atoms with Crippen LogP contribution in [0.25, 0.3) is 0 Å². The fourth-order valence-corrected chi connectivity index (χ4v) is 6.25. The molecule has 1 saturated heterocycles. The summed E-state index contributed by atoms with van der Waals surface area (Å²) in [5.41, 5.74) is 3.23. The van der Waals surface area contributed by atoms with E-state index in [9.17, 15) is 18.0 Å². The number of aryl methyl sites for hydroxylation is 2. The Bertz CT molecular complexity index is 1240. The lowest BCUT2D eigenvalue weighted by molar-refractivity contribution is -0.132. The third-order valence-electron chi connectivity index (χ3n) is 7.01. The van der Waals surface area contributed by atoms with Gasteiger partial charge in [-0.2, -0.15) is 4.31 Å². The quantitative estimate of drug-likeness (QED) is 0.474. The number of sulfonamides is 1. The fraction of sp³-hybridized carbons (Fsp3) is 0.500. The van der Waals surface area contributed by atoms with Crippen molar-refractivity contribution >= 4 is 27.5 Å². The first-order valence-electron chi connectivity index (χ1n) is 13.1. The maximum atomic E-state index is 13.1. The molecule has 3 rings (SSSR count). The second-order valence-electron chi connectivity index (χ2n) is 10.2. The van der Waals surface area contributed by atoms with E-state index in [4.69, 9.17) is 4.74 Å². The van der Waals surface area contributed by atoms with Gasteiger partial charge in [-0.3, -0.25) is 9.59 Å². The van der Waals surface area contributed by atoms with Crippen molar-refractivity contribution in [2.24, 2.45) is 0 Å². The van der Waals surface area contributed by atoms with Crippen LogP contribution in [0.15, 0.2) is 41.3 Å². The Labute approximate surface area is 232 Å². The summed E-state index contributed by atoms with van der Waals surface area (Å²) in [6, 6.07) is 11.5. The SMILES string of the molecule is COc1cc(C)c(S(=O)(=O)N(C)CC(=O)NCC(=O)N(C)Cc2ccc(N3CCCN(C)CC3)cc2)c(C)c1. The lowest BCUT2D eigenvalue weighted by Crippen LogP contribution is -2.43.